The van der Waals surface area contributed by atoms with Crippen molar-refractivity contribution in [3.05, 3.63) is 24.0 Å². The van der Waals surface area contributed by atoms with E-state index in [-0.39, 0.29) is 23.8 Å². The van der Waals surface area contributed by atoms with Crippen LogP contribution >= 0.6 is 12.4 Å². The summed E-state index contributed by atoms with van der Waals surface area (Å²) >= 11 is 0. The molecule has 0 bridgehead atoms. The summed E-state index contributed by atoms with van der Waals surface area (Å²) in [5.41, 5.74) is 5.88. The largest absolute Gasteiger partial charge is 0.412 e. The number of aromatic nitrogens is 1. The van der Waals surface area contributed by atoms with Crippen LogP contribution in [0.25, 0.3) is 0 Å². The van der Waals surface area contributed by atoms with Crippen LogP contribution in [0.3, 0.4) is 0 Å². The van der Waals surface area contributed by atoms with E-state index in [1.165, 1.54) is 0 Å². The molecule has 94 valence electrons. The second kappa shape index (κ2) is 10.4. The summed E-state index contributed by atoms with van der Waals surface area (Å²) in [5, 5.41) is 5.86. The third-order valence-corrected chi connectivity index (χ3v) is 1.75. The van der Waals surface area contributed by atoms with Crippen LogP contribution in [0.1, 0.15) is 10.5 Å². The molecule has 1 amide bonds. The molecule has 0 radical (unpaired) electrons. The Bertz CT molecular complexity index is 266. The van der Waals surface area contributed by atoms with Gasteiger partial charge in [0, 0.05) is 32.4 Å². The van der Waals surface area contributed by atoms with Crippen molar-refractivity contribution in [2.75, 3.05) is 26.2 Å². The van der Waals surface area contributed by atoms with E-state index in [9.17, 15) is 4.79 Å². The zero-order valence-corrected chi connectivity index (χ0v) is 9.77. The molecule has 1 aromatic rings. The van der Waals surface area contributed by atoms with Crippen LogP contribution in [0, 0.1) is 0 Å². The predicted molar refractivity (Wildman–Crippen MR) is 65.9 cm³/mol. The van der Waals surface area contributed by atoms with Crippen LogP contribution in [-0.2, 0) is 0 Å². The van der Waals surface area contributed by atoms with Gasteiger partial charge in [-0.25, -0.2) is 0 Å². The van der Waals surface area contributed by atoms with Gasteiger partial charge in [-0.15, -0.1) is 12.4 Å². The average Bonchev–Trinajstić information content (AvgIpc) is 2.70. The average molecular weight is 251 g/mol. The van der Waals surface area contributed by atoms with Gasteiger partial charge in [0.05, 0.1) is 0 Å². The summed E-state index contributed by atoms with van der Waals surface area (Å²) in [6, 6.07) is 3.53. The molecule has 1 heterocycles. The second-order valence-corrected chi connectivity index (χ2v) is 2.88. The van der Waals surface area contributed by atoms with Crippen LogP contribution in [0.2, 0.25) is 0 Å². The van der Waals surface area contributed by atoms with Crippen molar-refractivity contribution < 1.29 is 10.3 Å². The Balaban J connectivity index is 0. The number of carbonyl (C=O) groups excluding carboxylic acids is 1. The monoisotopic (exact) mass is 250 g/mol. The molecule has 0 atom stereocenters. The lowest BCUT2D eigenvalue weighted by atomic mass is 10.4. The lowest BCUT2D eigenvalue weighted by Gasteiger charge is -2.04. The van der Waals surface area contributed by atoms with E-state index < -0.39 is 0 Å². The maximum Gasteiger partial charge on any atom is 0.267 e. The lowest BCUT2D eigenvalue weighted by molar-refractivity contribution is 0.0949. The van der Waals surface area contributed by atoms with E-state index in [4.69, 9.17) is 5.73 Å². The van der Waals surface area contributed by atoms with Crippen molar-refractivity contribution in [2.24, 2.45) is 5.73 Å². The molecule has 0 unspecified atom stereocenters. The maximum atomic E-state index is 11.3. The first-order valence-corrected chi connectivity index (χ1v) is 4.67. The highest BCUT2D eigenvalue weighted by Gasteiger charge is 2.03. The Hall–Kier alpha value is -1.08. The molecule has 0 fully saturated rings. The summed E-state index contributed by atoms with van der Waals surface area (Å²) in [7, 11) is 0. The van der Waals surface area contributed by atoms with Crippen molar-refractivity contribution in [3.63, 3.8) is 0 Å². The quantitative estimate of drug-likeness (QED) is 0.480. The smallest absolute Gasteiger partial charge is 0.267 e. The maximum absolute atomic E-state index is 11.3. The number of hydrogen-bond donors (Lipinski definition) is 4. The number of H-pyrrole nitrogens is 1. The number of halogens is 1. The van der Waals surface area contributed by atoms with E-state index in [0.29, 0.717) is 18.8 Å². The first kappa shape index (κ1) is 17.3. The molecule has 0 aliphatic rings. The van der Waals surface area contributed by atoms with E-state index in [1.807, 2.05) is 0 Å². The van der Waals surface area contributed by atoms with Crippen molar-refractivity contribution >= 4 is 18.3 Å². The number of nitrogens with two attached hydrogens (primary N) is 1. The molecule has 7 heteroatoms. The van der Waals surface area contributed by atoms with Gasteiger partial charge in [-0.2, -0.15) is 0 Å². The lowest BCUT2D eigenvalue weighted by Crippen LogP contribution is -2.33. The molecular formula is C9H19ClN4O2. The summed E-state index contributed by atoms with van der Waals surface area (Å²) in [4.78, 5) is 14.2. The SMILES string of the molecule is Cl.NCCNCCNC(=O)c1ccc[nH]1.O. The molecule has 6 nitrogen and oxygen atoms in total. The fourth-order valence-electron chi connectivity index (χ4n) is 1.06. The minimum absolute atomic E-state index is 0. The molecule has 1 aromatic heterocycles. The van der Waals surface area contributed by atoms with Gasteiger partial charge >= 0.3 is 0 Å². The second-order valence-electron chi connectivity index (χ2n) is 2.88. The third-order valence-electron chi connectivity index (χ3n) is 1.75. The van der Waals surface area contributed by atoms with Crippen LogP contribution in [0.5, 0.6) is 0 Å². The van der Waals surface area contributed by atoms with E-state index in [1.54, 1.807) is 18.3 Å². The number of carbonyl (C=O) groups is 1. The van der Waals surface area contributed by atoms with Crippen LogP contribution in [0.15, 0.2) is 18.3 Å². The topological polar surface area (TPSA) is 114 Å². The van der Waals surface area contributed by atoms with Crippen LogP contribution in [0.4, 0.5) is 0 Å². The van der Waals surface area contributed by atoms with E-state index >= 15 is 0 Å². The predicted octanol–water partition coefficient (Wildman–Crippen LogP) is -1.11. The summed E-state index contributed by atoms with van der Waals surface area (Å²) in [6.07, 6.45) is 1.72. The Morgan fingerprint density at radius 3 is 2.69 bits per heavy atom. The molecule has 0 aliphatic carbocycles. The Morgan fingerprint density at radius 2 is 2.12 bits per heavy atom. The fourth-order valence-corrected chi connectivity index (χ4v) is 1.06. The summed E-state index contributed by atoms with van der Waals surface area (Å²) in [6.45, 7) is 2.74. The molecular weight excluding hydrogens is 232 g/mol. The highest BCUT2D eigenvalue weighted by molar-refractivity contribution is 5.92. The standard InChI is InChI=1S/C9H16N4O.ClH.H2O/c10-3-5-11-6-7-13-9(14)8-2-1-4-12-8;;/h1-2,4,11-12H,3,5-7,10H2,(H,13,14);1H;1H2. The number of hydrogen-bond acceptors (Lipinski definition) is 3. The van der Waals surface area contributed by atoms with Gasteiger partial charge in [0.2, 0.25) is 0 Å². The van der Waals surface area contributed by atoms with Crippen molar-refractivity contribution in [2.45, 2.75) is 0 Å². The van der Waals surface area contributed by atoms with Gasteiger partial charge < -0.3 is 26.8 Å². The van der Waals surface area contributed by atoms with Gasteiger partial charge in [0.15, 0.2) is 0 Å². The van der Waals surface area contributed by atoms with E-state index in [2.05, 4.69) is 15.6 Å². The Kier molecular flexibility index (Phi) is 11.3. The van der Waals surface area contributed by atoms with Crippen molar-refractivity contribution in [1.82, 2.24) is 15.6 Å². The van der Waals surface area contributed by atoms with Crippen molar-refractivity contribution in [3.8, 4) is 0 Å². The third kappa shape index (κ3) is 6.41. The van der Waals surface area contributed by atoms with Gasteiger partial charge in [-0.05, 0) is 12.1 Å². The minimum Gasteiger partial charge on any atom is -0.412 e. The van der Waals surface area contributed by atoms with Crippen LogP contribution in [-0.4, -0.2) is 42.5 Å². The zero-order chi connectivity index (χ0) is 10.2. The summed E-state index contributed by atoms with van der Waals surface area (Å²) < 4.78 is 0. The van der Waals surface area contributed by atoms with Crippen LogP contribution < -0.4 is 16.4 Å². The number of aromatic amines is 1. The van der Waals surface area contributed by atoms with E-state index in [0.717, 1.165) is 13.1 Å². The van der Waals surface area contributed by atoms with Gasteiger partial charge in [0.1, 0.15) is 5.69 Å². The fraction of sp³-hybridized carbons (Fsp3) is 0.444. The van der Waals surface area contributed by atoms with Crippen molar-refractivity contribution in [1.29, 1.82) is 0 Å². The molecule has 0 aliphatic heterocycles. The molecule has 0 saturated carbocycles. The highest BCUT2D eigenvalue weighted by Crippen LogP contribution is 1.92. The first-order chi connectivity index (χ1) is 6.84. The minimum atomic E-state index is -0.0791. The molecule has 0 saturated heterocycles. The van der Waals surface area contributed by atoms with Gasteiger partial charge in [-0.1, -0.05) is 0 Å². The normalized spacial score (nSPS) is 8.81. The number of amides is 1. The van der Waals surface area contributed by atoms with Gasteiger partial charge in [0.25, 0.3) is 5.91 Å². The molecule has 0 aromatic carbocycles. The number of nitrogens with one attached hydrogen (secondary N) is 3. The Morgan fingerprint density at radius 1 is 1.38 bits per heavy atom. The summed E-state index contributed by atoms with van der Waals surface area (Å²) in [5.74, 6) is -0.0791. The first-order valence-electron chi connectivity index (χ1n) is 4.67. The Labute approximate surface area is 101 Å². The molecule has 16 heavy (non-hydrogen) atoms. The molecule has 7 N–H and O–H groups in total. The highest BCUT2D eigenvalue weighted by atomic mass is 35.5. The molecule has 0 spiro atoms. The van der Waals surface area contributed by atoms with Gasteiger partial charge in [-0.3, -0.25) is 4.79 Å². The zero-order valence-electron chi connectivity index (χ0n) is 8.95. The molecule has 1 rings (SSSR count). The number of rotatable bonds is 6.